The van der Waals surface area contributed by atoms with Crippen LogP contribution in [0.15, 0.2) is 0 Å². The molecule has 1 aliphatic carbocycles. The summed E-state index contributed by atoms with van der Waals surface area (Å²) in [5.41, 5.74) is 1.14. The molecule has 0 aromatic heterocycles. The first-order chi connectivity index (χ1) is 5.00. The number of rotatable bonds is 1. The molecule has 0 aliphatic heterocycles. The molecule has 0 aromatic carbocycles. The van der Waals surface area contributed by atoms with Crippen LogP contribution in [-0.4, -0.2) is 30.6 Å². The molecule has 11 heavy (non-hydrogen) atoms. The van der Waals surface area contributed by atoms with Crippen LogP contribution in [0, 0.1) is 0 Å². The Hall–Kier alpha value is 1.02. The Bertz CT molecular complexity index is 120. The van der Waals surface area contributed by atoms with Crippen molar-refractivity contribution in [3.05, 3.63) is 0 Å². The molecule has 1 aliphatic rings. The van der Waals surface area contributed by atoms with Crippen LogP contribution in [0.5, 0.6) is 0 Å². The predicted octanol–water partition coefficient (Wildman–Crippen LogP) is 2.96. The molecule has 1 fully saturated rings. The van der Waals surface area contributed by atoms with Crippen LogP contribution >= 0.6 is 0 Å². The zero-order chi connectivity index (χ0) is 8.48. The van der Waals surface area contributed by atoms with Gasteiger partial charge in [-0.25, -0.2) is 0 Å². The Morgan fingerprint density at radius 2 is 1.45 bits per heavy atom. The third-order valence-corrected chi connectivity index (χ3v) is 7.93. The molecule has 0 amide bonds. The zero-order valence-corrected chi connectivity index (χ0v) is 12.4. The fourth-order valence-corrected chi connectivity index (χ4v) is 5.15. The maximum atomic E-state index is 2.53. The van der Waals surface area contributed by atoms with Crippen LogP contribution in [0.2, 0.25) is 29.1 Å². The van der Waals surface area contributed by atoms with Gasteiger partial charge in [-0.05, 0) is 0 Å². The van der Waals surface area contributed by atoms with Crippen molar-refractivity contribution in [1.82, 2.24) is 0 Å². The molecule has 0 aromatic rings. The molecular weight excluding hydrogens is 255 g/mol. The van der Waals surface area contributed by atoms with Crippen molar-refractivity contribution in [2.24, 2.45) is 0 Å². The van der Waals surface area contributed by atoms with Gasteiger partial charge in [-0.2, -0.15) is 0 Å². The maximum absolute atomic E-state index is 2.53. The Labute approximate surface area is 85.2 Å². The van der Waals surface area contributed by atoms with Crippen LogP contribution in [0.1, 0.15) is 25.7 Å². The third-order valence-electron chi connectivity index (χ3n) is 3.00. The van der Waals surface area contributed by atoms with E-state index in [1.807, 2.05) is 0 Å². The van der Waals surface area contributed by atoms with Crippen molar-refractivity contribution < 1.29 is 0 Å². The minimum atomic E-state index is -0.772. The van der Waals surface area contributed by atoms with Gasteiger partial charge in [-0.3, -0.25) is 0 Å². The van der Waals surface area contributed by atoms with Crippen molar-refractivity contribution in [2.75, 3.05) is 0 Å². The second-order valence-electron chi connectivity index (χ2n) is 4.98. The van der Waals surface area contributed by atoms with Crippen molar-refractivity contribution in [3.63, 3.8) is 0 Å². The standard InChI is InChI=1S/C9H19Si.Sn.H/c1-10(2,3)9-7-5-4-6-8-9;;/h4,9H,5-8H2,1-3H3;;. The molecule has 0 N–H and O–H groups in total. The van der Waals surface area contributed by atoms with Gasteiger partial charge in [0.1, 0.15) is 0 Å². The minimum absolute atomic E-state index is 0.772. The molecule has 0 unspecified atom stereocenters. The molecule has 1 saturated carbocycles. The molecule has 0 bridgehead atoms. The molecule has 2 heteroatoms. The fraction of sp³-hybridized carbons (Fsp3) is 1.00. The van der Waals surface area contributed by atoms with E-state index in [-0.39, 0.29) is 0 Å². The van der Waals surface area contributed by atoms with Gasteiger partial charge in [-0.15, -0.1) is 0 Å². The van der Waals surface area contributed by atoms with E-state index in [9.17, 15) is 0 Å². The molecule has 0 nitrogen and oxygen atoms in total. The van der Waals surface area contributed by atoms with Crippen LogP contribution in [0.3, 0.4) is 0 Å². The van der Waals surface area contributed by atoms with Gasteiger partial charge in [0, 0.05) is 0 Å². The van der Waals surface area contributed by atoms with E-state index < -0.39 is 8.07 Å². The molecule has 0 spiro atoms. The summed E-state index contributed by atoms with van der Waals surface area (Å²) < 4.78 is 1.15. The third kappa shape index (κ3) is 3.09. The SMILES string of the molecule is C[Si](C)(C)C1CC[CH]([SnH])CC1. The van der Waals surface area contributed by atoms with Crippen molar-refractivity contribution in [3.8, 4) is 0 Å². The van der Waals surface area contributed by atoms with Crippen molar-refractivity contribution in [1.29, 1.82) is 0 Å². The Morgan fingerprint density at radius 3 is 1.82 bits per heavy atom. The second-order valence-corrected chi connectivity index (χ2v) is 13.2. The van der Waals surface area contributed by atoms with Crippen LogP contribution < -0.4 is 0 Å². The first kappa shape index (κ1) is 10.1. The van der Waals surface area contributed by atoms with Crippen LogP contribution in [-0.2, 0) is 0 Å². The van der Waals surface area contributed by atoms with Gasteiger partial charge in [-0.1, -0.05) is 0 Å². The summed E-state index contributed by atoms with van der Waals surface area (Å²) >= 11 is 1.51. The molecule has 2 radical (unpaired) electrons. The van der Waals surface area contributed by atoms with Gasteiger partial charge >= 0.3 is 85.4 Å². The van der Waals surface area contributed by atoms with Crippen LogP contribution in [0.4, 0.5) is 0 Å². The molecule has 0 heterocycles. The number of hydrogen-bond acceptors (Lipinski definition) is 0. The van der Waals surface area contributed by atoms with Crippen molar-refractivity contribution >= 4 is 30.6 Å². The van der Waals surface area contributed by atoms with Gasteiger partial charge < -0.3 is 0 Å². The van der Waals surface area contributed by atoms with Crippen LogP contribution in [0.25, 0.3) is 0 Å². The average molecular weight is 275 g/mol. The van der Waals surface area contributed by atoms with E-state index in [1.165, 1.54) is 22.5 Å². The van der Waals surface area contributed by atoms with Gasteiger partial charge in [0.25, 0.3) is 0 Å². The quantitative estimate of drug-likeness (QED) is 0.645. The van der Waals surface area contributed by atoms with E-state index in [1.54, 1.807) is 25.7 Å². The topological polar surface area (TPSA) is 0 Å². The normalized spacial score (nSPS) is 33.8. The van der Waals surface area contributed by atoms with Gasteiger partial charge in [0.15, 0.2) is 0 Å². The summed E-state index contributed by atoms with van der Waals surface area (Å²) in [5.74, 6) is 0. The first-order valence-corrected chi connectivity index (χ1v) is 10.2. The van der Waals surface area contributed by atoms with Gasteiger partial charge in [0.2, 0.25) is 0 Å². The first-order valence-electron chi connectivity index (χ1n) is 4.76. The zero-order valence-electron chi connectivity index (χ0n) is 8.06. The molecule has 64 valence electrons. The summed E-state index contributed by atoms with van der Waals surface area (Å²) in [4.78, 5) is 0. The summed E-state index contributed by atoms with van der Waals surface area (Å²) in [6.45, 7) is 7.60. The predicted molar refractivity (Wildman–Crippen MR) is 56.5 cm³/mol. The molecule has 0 atom stereocenters. The second kappa shape index (κ2) is 3.82. The summed E-state index contributed by atoms with van der Waals surface area (Å²) in [6, 6.07) is 0. The van der Waals surface area contributed by atoms with E-state index in [2.05, 4.69) is 19.6 Å². The average Bonchev–Trinajstić information content (AvgIpc) is 1.86. The van der Waals surface area contributed by atoms with Crippen molar-refractivity contribution in [2.45, 2.75) is 54.8 Å². The molecule has 1 rings (SSSR count). The Balaban J connectivity index is 2.39. The van der Waals surface area contributed by atoms with E-state index >= 15 is 0 Å². The summed E-state index contributed by atoms with van der Waals surface area (Å²) in [7, 11) is -0.772. The van der Waals surface area contributed by atoms with E-state index in [0.717, 1.165) is 9.48 Å². The monoisotopic (exact) mass is 276 g/mol. The summed E-state index contributed by atoms with van der Waals surface area (Å²) in [6.07, 6.45) is 6.22. The van der Waals surface area contributed by atoms with Gasteiger partial charge in [0.05, 0.1) is 0 Å². The Morgan fingerprint density at radius 1 is 1.00 bits per heavy atom. The Kier molecular flexibility index (Phi) is 3.50. The fourth-order valence-electron chi connectivity index (χ4n) is 1.99. The van der Waals surface area contributed by atoms with E-state index in [4.69, 9.17) is 0 Å². The molecule has 0 saturated heterocycles. The number of hydrogen-bond donors (Lipinski definition) is 0. The van der Waals surface area contributed by atoms with E-state index in [0.29, 0.717) is 0 Å². The summed E-state index contributed by atoms with van der Waals surface area (Å²) in [5, 5.41) is 0. The molecular formula is C9H20SiSn.